The van der Waals surface area contributed by atoms with Gasteiger partial charge in [0.1, 0.15) is 0 Å². The van der Waals surface area contributed by atoms with Crippen molar-refractivity contribution in [3.05, 3.63) is 63.6 Å². The number of amides is 2. The molecule has 1 N–H and O–H groups in total. The molecule has 0 saturated carbocycles. The van der Waals surface area contributed by atoms with Crippen molar-refractivity contribution < 1.29 is 9.53 Å². The highest BCUT2D eigenvalue weighted by atomic mass is 79.9. The van der Waals surface area contributed by atoms with Gasteiger partial charge in [-0.1, -0.05) is 39.7 Å². The number of hydrogen-bond donors (Lipinski definition) is 1. The van der Waals surface area contributed by atoms with Gasteiger partial charge in [-0.25, -0.2) is 9.80 Å². The van der Waals surface area contributed by atoms with Gasteiger partial charge in [0.05, 0.1) is 24.3 Å². The number of methoxy groups -OCH3 is 1. The molecule has 0 aliphatic carbocycles. The molecule has 1 atom stereocenters. The van der Waals surface area contributed by atoms with E-state index in [9.17, 15) is 4.79 Å². The number of nitrogens with zero attached hydrogens (tertiary/aromatic N) is 2. The molecule has 1 aliphatic heterocycles. The van der Waals surface area contributed by atoms with Crippen LogP contribution in [0.15, 0.2) is 58.1 Å². The molecule has 136 valence electrons. The molecule has 2 aromatic carbocycles. The molecule has 1 unspecified atom stereocenters. The smallest absolute Gasteiger partial charge is 0.342 e. The first-order chi connectivity index (χ1) is 12.4. The van der Waals surface area contributed by atoms with Crippen LogP contribution in [0.1, 0.15) is 12.5 Å². The molecule has 0 bridgehead atoms. The molecule has 5 nitrogen and oxygen atoms in total. The summed E-state index contributed by atoms with van der Waals surface area (Å²) in [6.45, 7) is 2.93. The summed E-state index contributed by atoms with van der Waals surface area (Å²) in [5.74, 6) is 0. The topological polar surface area (TPSA) is 53.9 Å². The van der Waals surface area contributed by atoms with E-state index in [1.807, 2.05) is 55.5 Å². The second-order valence-electron chi connectivity index (χ2n) is 6.44. The van der Waals surface area contributed by atoms with Crippen molar-refractivity contribution in [3.8, 4) is 0 Å². The van der Waals surface area contributed by atoms with Crippen LogP contribution >= 0.6 is 27.5 Å². The van der Waals surface area contributed by atoms with Crippen molar-refractivity contribution in [2.45, 2.75) is 6.92 Å². The minimum atomic E-state index is -0.403. The molecule has 1 aliphatic rings. The van der Waals surface area contributed by atoms with E-state index in [0.717, 1.165) is 15.7 Å². The standard InChI is InChI=1S/C19H19BrClN3O2/c1-19(12-26-2)11-24(18(25)22-16-9-5-14(20)6-10-16)23-17(19)13-3-7-15(21)8-4-13/h3-10H,11-12H2,1-2H3,(H,22,25). The Labute approximate surface area is 166 Å². The molecule has 3 rings (SSSR count). The molecule has 1 heterocycles. The average molecular weight is 437 g/mol. The minimum Gasteiger partial charge on any atom is -0.384 e. The van der Waals surface area contributed by atoms with Gasteiger partial charge in [0, 0.05) is 22.3 Å². The van der Waals surface area contributed by atoms with Gasteiger partial charge in [0.25, 0.3) is 0 Å². The Morgan fingerprint density at radius 3 is 2.54 bits per heavy atom. The van der Waals surface area contributed by atoms with Gasteiger partial charge in [-0.3, -0.25) is 0 Å². The Kier molecular flexibility index (Phi) is 5.65. The van der Waals surface area contributed by atoms with E-state index in [1.165, 1.54) is 5.01 Å². The van der Waals surface area contributed by atoms with E-state index in [-0.39, 0.29) is 6.03 Å². The molecule has 0 fully saturated rings. The van der Waals surface area contributed by atoms with Crippen LogP contribution < -0.4 is 5.32 Å². The molecule has 2 amide bonds. The fourth-order valence-corrected chi connectivity index (χ4v) is 3.36. The summed E-state index contributed by atoms with van der Waals surface area (Å²) in [5.41, 5.74) is 2.04. The summed E-state index contributed by atoms with van der Waals surface area (Å²) in [7, 11) is 1.65. The normalized spacial score (nSPS) is 19.4. The highest BCUT2D eigenvalue weighted by Gasteiger charge is 2.41. The largest absolute Gasteiger partial charge is 0.384 e. The Hall–Kier alpha value is -1.89. The highest BCUT2D eigenvalue weighted by molar-refractivity contribution is 9.10. The lowest BCUT2D eigenvalue weighted by Crippen LogP contribution is -2.38. The predicted octanol–water partition coefficient (Wildman–Crippen LogP) is 5.01. The third-order valence-electron chi connectivity index (χ3n) is 4.20. The van der Waals surface area contributed by atoms with Crippen LogP contribution in [-0.4, -0.2) is 37.0 Å². The van der Waals surface area contributed by atoms with Crippen molar-refractivity contribution >= 4 is 45.0 Å². The van der Waals surface area contributed by atoms with Crippen molar-refractivity contribution in [3.63, 3.8) is 0 Å². The lowest BCUT2D eigenvalue weighted by Gasteiger charge is -2.25. The lowest BCUT2D eigenvalue weighted by atomic mass is 9.83. The molecular weight excluding hydrogens is 418 g/mol. The van der Waals surface area contributed by atoms with Crippen LogP contribution in [0.4, 0.5) is 10.5 Å². The number of hydrazone groups is 1. The number of urea groups is 1. The molecule has 2 aromatic rings. The van der Waals surface area contributed by atoms with E-state index in [1.54, 1.807) is 7.11 Å². The first-order valence-corrected chi connectivity index (χ1v) is 9.26. The van der Waals surface area contributed by atoms with Crippen molar-refractivity contribution in [1.29, 1.82) is 0 Å². The quantitative estimate of drug-likeness (QED) is 0.733. The zero-order valence-corrected chi connectivity index (χ0v) is 16.8. The SMILES string of the molecule is COCC1(C)CN(C(=O)Nc2ccc(Br)cc2)N=C1c1ccc(Cl)cc1. The van der Waals surface area contributed by atoms with Crippen LogP contribution in [0.5, 0.6) is 0 Å². The summed E-state index contributed by atoms with van der Waals surface area (Å²) in [4.78, 5) is 12.7. The molecule has 0 radical (unpaired) electrons. The summed E-state index contributed by atoms with van der Waals surface area (Å²) < 4.78 is 6.34. The number of carbonyl (C=O) groups excluding carboxylic acids is 1. The molecule has 0 aromatic heterocycles. The fourth-order valence-electron chi connectivity index (χ4n) is 2.97. The van der Waals surface area contributed by atoms with Crippen LogP contribution in [0.3, 0.4) is 0 Å². The number of nitrogens with one attached hydrogen (secondary N) is 1. The maximum absolute atomic E-state index is 12.7. The van der Waals surface area contributed by atoms with Gasteiger partial charge in [-0.15, -0.1) is 0 Å². The van der Waals surface area contributed by atoms with Gasteiger partial charge < -0.3 is 10.1 Å². The highest BCUT2D eigenvalue weighted by Crippen LogP contribution is 2.32. The maximum Gasteiger partial charge on any atom is 0.342 e. The molecule has 0 spiro atoms. The van der Waals surface area contributed by atoms with Crippen molar-refractivity contribution in [2.24, 2.45) is 10.5 Å². The van der Waals surface area contributed by atoms with Gasteiger partial charge in [0.2, 0.25) is 0 Å². The zero-order chi connectivity index (χ0) is 18.7. The summed E-state index contributed by atoms with van der Waals surface area (Å²) in [6.07, 6.45) is 0. The van der Waals surface area contributed by atoms with E-state index in [2.05, 4.69) is 26.3 Å². The maximum atomic E-state index is 12.7. The second-order valence-corrected chi connectivity index (χ2v) is 7.80. The fraction of sp³-hybridized carbons (Fsp3) is 0.263. The average Bonchev–Trinajstić information content (AvgIpc) is 2.95. The van der Waals surface area contributed by atoms with Crippen LogP contribution in [0.2, 0.25) is 5.02 Å². The molecule has 26 heavy (non-hydrogen) atoms. The second kappa shape index (κ2) is 7.78. The van der Waals surface area contributed by atoms with Crippen molar-refractivity contribution in [1.82, 2.24) is 5.01 Å². The third kappa shape index (κ3) is 4.09. The lowest BCUT2D eigenvalue weighted by molar-refractivity contribution is 0.122. The van der Waals surface area contributed by atoms with Gasteiger partial charge in [0.15, 0.2) is 0 Å². The van der Waals surface area contributed by atoms with Gasteiger partial charge in [-0.2, -0.15) is 5.10 Å². The first-order valence-electron chi connectivity index (χ1n) is 8.09. The Morgan fingerprint density at radius 2 is 1.92 bits per heavy atom. The number of carbonyl (C=O) groups is 1. The van der Waals surface area contributed by atoms with Crippen molar-refractivity contribution in [2.75, 3.05) is 25.6 Å². The first kappa shape index (κ1) is 18.9. The number of rotatable bonds is 4. The number of benzene rings is 2. The van der Waals surface area contributed by atoms with E-state index in [4.69, 9.17) is 16.3 Å². The molecular formula is C19H19BrClN3O2. The Balaban J connectivity index is 1.85. The summed E-state index contributed by atoms with van der Waals surface area (Å²) in [5, 5.41) is 9.56. The Bertz CT molecular complexity index is 824. The van der Waals surface area contributed by atoms with Crippen LogP contribution in [0, 0.1) is 5.41 Å². The van der Waals surface area contributed by atoms with E-state index < -0.39 is 5.41 Å². The van der Waals surface area contributed by atoms with Gasteiger partial charge >= 0.3 is 6.03 Å². The summed E-state index contributed by atoms with van der Waals surface area (Å²) in [6, 6.07) is 14.6. The number of halogens is 2. The Morgan fingerprint density at radius 1 is 1.27 bits per heavy atom. The van der Waals surface area contributed by atoms with Gasteiger partial charge in [-0.05, 0) is 48.9 Å². The van der Waals surface area contributed by atoms with Crippen LogP contribution in [-0.2, 0) is 4.74 Å². The number of anilines is 1. The molecule has 7 heteroatoms. The molecule has 0 saturated heterocycles. The third-order valence-corrected chi connectivity index (χ3v) is 4.98. The van der Waals surface area contributed by atoms with E-state index in [0.29, 0.717) is 23.9 Å². The zero-order valence-electron chi connectivity index (χ0n) is 14.5. The predicted molar refractivity (Wildman–Crippen MR) is 108 cm³/mol. The minimum absolute atomic E-state index is 0.279. The summed E-state index contributed by atoms with van der Waals surface area (Å²) >= 11 is 9.37. The number of ether oxygens (including phenoxy) is 1. The van der Waals surface area contributed by atoms with Crippen LogP contribution in [0.25, 0.3) is 0 Å². The number of hydrogen-bond acceptors (Lipinski definition) is 3. The monoisotopic (exact) mass is 435 g/mol. The van der Waals surface area contributed by atoms with E-state index >= 15 is 0 Å².